The smallest absolute Gasteiger partial charge is 0.128 e. The number of halogens is 2. The fourth-order valence-electron chi connectivity index (χ4n) is 2.09. The first-order valence-corrected chi connectivity index (χ1v) is 5.54. The Labute approximate surface area is 93.3 Å². The normalized spacial score (nSPS) is 25.4. The Morgan fingerprint density at radius 2 is 1.56 bits per heavy atom. The highest BCUT2D eigenvalue weighted by atomic mass is 19.1. The maximum absolute atomic E-state index is 12.9. The second-order valence-corrected chi connectivity index (χ2v) is 4.31. The van der Waals surface area contributed by atoms with Gasteiger partial charge in [0.15, 0.2) is 0 Å². The zero-order valence-electron chi connectivity index (χ0n) is 8.92. The lowest BCUT2D eigenvalue weighted by Gasteiger charge is -2.27. The van der Waals surface area contributed by atoms with Gasteiger partial charge in [0.2, 0.25) is 0 Å². The quantitative estimate of drug-likeness (QED) is 0.814. The standard InChI is InChI=1S/C12H15F2NO/c13-8-5-9(14)7-11(6-8)15-10-1-3-12(16)4-2-10/h5-7,10,12,15-16H,1-4H2. The van der Waals surface area contributed by atoms with Crippen LogP contribution in [0.5, 0.6) is 0 Å². The van der Waals surface area contributed by atoms with E-state index in [2.05, 4.69) is 5.32 Å². The topological polar surface area (TPSA) is 32.3 Å². The summed E-state index contributed by atoms with van der Waals surface area (Å²) in [6.45, 7) is 0. The van der Waals surface area contributed by atoms with Gasteiger partial charge in [-0.15, -0.1) is 0 Å². The van der Waals surface area contributed by atoms with Crippen molar-refractivity contribution in [3.8, 4) is 0 Å². The van der Waals surface area contributed by atoms with Crippen molar-refractivity contribution < 1.29 is 13.9 Å². The third-order valence-electron chi connectivity index (χ3n) is 2.93. The molecule has 16 heavy (non-hydrogen) atoms. The number of hydrogen-bond acceptors (Lipinski definition) is 2. The molecule has 2 nitrogen and oxygen atoms in total. The summed E-state index contributed by atoms with van der Waals surface area (Å²) in [6, 6.07) is 3.63. The van der Waals surface area contributed by atoms with Crippen LogP contribution in [0.2, 0.25) is 0 Å². The van der Waals surface area contributed by atoms with Crippen molar-refractivity contribution in [2.45, 2.75) is 37.8 Å². The molecule has 0 bridgehead atoms. The summed E-state index contributed by atoms with van der Waals surface area (Å²) in [7, 11) is 0. The van der Waals surface area contributed by atoms with Gasteiger partial charge in [-0.2, -0.15) is 0 Å². The molecule has 0 unspecified atom stereocenters. The molecule has 88 valence electrons. The maximum atomic E-state index is 12.9. The summed E-state index contributed by atoms with van der Waals surface area (Å²) in [5.74, 6) is -1.14. The van der Waals surface area contributed by atoms with E-state index in [0.29, 0.717) is 5.69 Å². The van der Waals surface area contributed by atoms with Crippen molar-refractivity contribution in [1.29, 1.82) is 0 Å². The van der Waals surface area contributed by atoms with E-state index < -0.39 is 11.6 Å². The molecule has 1 aromatic rings. The van der Waals surface area contributed by atoms with Gasteiger partial charge in [0.1, 0.15) is 11.6 Å². The minimum atomic E-state index is -0.571. The van der Waals surface area contributed by atoms with Gasteiger partial charge in [-0.05, 0) is 37.8 Å². The van der Waals surface area contributed by atoms with E-state index in [1.807, 2.05) is 0 Å². The predicted molar refractivity (Wildman–Crippen MR) is 58.2 cm³/mol. The molecular formula is C12H15F2NO. The van der Waals surface area contributed by atoms with Crippen LogP contribution in [0.15, 0.2) is 18.2 Å². The molecule has 1 aliphatic rings. The minimum absolute atomic E-state index is 0.199. The molecule has 0 heterocycles. The Hall–Kier alpha value is -1.16. The second-order valence-electron chi connectivity index (χ2n) is 4.31. The van der Waals surface area contributed by atoms with Crippen LogP contribution in [0.1, 0.15) is 25.7 Å². The SMILES string of the molecule is OC1CCC(Nc2cc(F)cc(F)c2)CC1. The molecule has 0 atom stereocenters. The van der Waals surface area contributed by atoms with Crippen molar-refractivity contribution in [3.05, 3.63) is 29.8 Å². The van der Waals surface area contributed by atoms with Crippen molar-refractivity contribution in [3.63, 3.8) is 0 Å². The number of rotatable bonds is 2. The zero-order valence-corrected chi connectivity index (χ0v) is 8.92. The van der Waals surface area contributed by atoms with E-state index in [-0.39, 0.29) is 12.1 Å². The lowest BCUT2D eigenvalue weighted by atomic mass is 9.93. The van der Waals surface area contributed by atoms with Crippen LogP contribution in [0.25, 0.3) is 0 Å². The van der Waals surface area contributed by atoms with Crippen LogP contribution < -0.4 is 5.32 Å². The highest BCUT2D eigenvalue weighted by molar-refractivity contribution is 5.44. The number of aliphatic hydroxyl groups is 1. The van der Waals surface area contributed by atoms with E-state index in [0.717, 1.165) is 31.7 Å². The van der Waals surface area contributed by atoms with E-state index in [1.165, 1.54) is 12.1 Å². The molecule has 0 aliphatic heterocycles. The second kappa shape index (κ2) is 4.78. The molecule has 1 aromatic carbocycles. The van der Waals surface area contributed by atoms with Crippen LogP contribution in [-0.2, 0) is 0 Å². The van der Waals surface area contributed by atoms with Gasteiger partial charge in [-0.25, -0.2) is 8.78 Å². The highest BCUT2D eigenvalue weighted by Crippen LogP contribution is 2.23. The first-order chi connectivity index (χ1) is 7.63. The van der Waals surface area contributed by atoms with E-state index in [4.69, 9.17) is 0 Å². The van der Waals surface area contributed by atoms with Gasteiger partial charge in [0.25, 0.3) is 0 Å². The van der Waals surface area contributed by atoms with Crippen LogP contribution in [0.4, 0.5) is 14.5 Å². The van der Waals surface area contributed by atoms with Gasteiger partial charge in [-0.3, -0.25) is 0 Å². The number of anilines is 1. The Morgan fingerprint density at radius 3 is 2.12 bits per heavy atom. The highest BCUT2D eigenvalue weighted by Gasteiger charge is 2.19. The molecule has 1 aliphatic carbocycles. The Balaban J connectivity index is 1.98. The van der Waals surface area contributed by atoms with Crippen molar-refractivity contribution in [2.24, 2.45) is 0 Å². The average molecular weight is 227 g/mol. The molecule has 2 N–H and O–H groups in total. The zero-order chi connectivity index (χ0) is 11.5. The molecule has 0 amide bonds. The van der Waals surface area contributed by atoms with E-state index in [9.17, 15) is 13.9 Å². The maximum Gasteiger partial charge on any atom is 0.128 e. The Bertz CT molecular complexity index is 342. The van der Waals surface area contributed by atoms with Crippen LogP contribution in [-0.4, -0.2) is 17.3 Å². The Morgan fingerprint density at radius 1 is 1.00 bits per heavy atom. The number of aliphatic hydroxyl groups excluding tert-OH is 1. The van der Waals surface area contributed by atoms with Crippen molar-refractivity contribution >= 4 is 5.69 Å². The summed E-state index contributed by atoms with van der Waals surface area (Å²) < 4.78 is 25.8. The van der Waals surface area contributed by atoms with Crippen LogP contribution >= 0.6 is 0 Å². The first kappa shape index (κ1) is 11.3. The summed E-state index contributed by atoms with van der Waals surface area (Å²) in [4.78, 5) is 0. The fraction of sp³-hybridized carbons (Fsp3) is 0.500. The van der Waals surface area contributed by atoms with Crippen molar-refractivity contribution in [2.75, 3.05) is 5.32 Å². The largest absolute Gasteiger partial charge is 0.393 e. The van der Waals surface area contributed by atoms with Gasteiger partial charge < -0.3 is 10.4 Å². The van der Waals surface area contributed by atoms with Crippen molar-refractivity contribution in [1.82, 2.24) is 0 Å². The van der Waals surface area contributed by atoms with Gasteiger partial charge in [0.05, 0.1) is 6.10 Å². The third kappa shape index (κ3) is 2.92. The first-order valence-electron chi connectivity index (χ1n) is 5.54. The molecule has 1 fully saturated rings. The van der Waals surface area contributed by atoms with E-state index >= 15 is 0 Å². The summed E-state index contributed by atoms with van der Waals surface area (Å²) in [5.41, 5.74) is 0.471. The average Bonchev–Trinajstić information content (AvgIpc) is 2.20. The number of benzene rings is 1. The molecule has 0 spiro atoms. The number of nitrogens with one attached hydrogen (secondary N) is 1. The minimum Gasteiger partial charge on any atom is -0.393 e. The van der Waals surface area contributed by atoms with Gasteiger partial charge >= 0.3 is 0 Å². The summed E-state index contributed by atoms with van der Waals surface area (Å²) in [5, 5.41) is 12.4. The lowest BCUT2D eigenvalue weighted by Crippen LogP contribution is -2.28. The lowest BCUT2D eigenvalue weighted by molar-refractivity contribution is 0.126. The molecule has 0 aromatic heterocycles. The molecule has 0 saturated heterocycles. The predicted octanol–water partition coefficient (Wildman–Crippen LogP) is 2.68. The van der Waals surface area contributed by atoms with Gasteiger partial charge in [0, 0.05) is 17.8 Å². The molecule has 1 saturated carbocycles. The summed E-state index contributed by atoms with van der Waals surface area (Å²) in [6.07, 6.45) is 2.94. The molecule has 0 radical (unpaired) electrons. The monoisotopic (exact) mass is 227 g/mol. The molecule has 4 heteroatoms. The molecule has 2 rings (SSSR count). The molecular weight excluding hydrogens is 212 g/mol. The Kier molecular flexibility index (Phi) is 3.39. The third-order valence-corrected chi connectivity index (χ3v) is 2.93. The van der Waals surface area contributed by atoms with Crippen LogP contribution in [0.3, 0.4) is 0 Å². The number of hydrogen-bond donors (Lipinski definition) is 2. The van der Waals surface area contributed by atoms with Crippen LogP contribution in [0, 0.1) is 11.6 Å². The van der Waals surface area contributed by atoms with E-state index in [1.54, 1.807) is 0 Å². The fourth-order valence-corrected chi connectivity index (χ4v) is 2.09. The summed E-state index contributed by atoms with van der Waals surface area (Å²) >= 11 is 0. The van der Waals surface area contributed by atoms with Gasteiger partial charge in [-0.1, -0.05) is 0 Å².